The first-order valence-corrected chi connectivity index (χ1v) is 8.98. The van der Waals surface area contributed by atoms with Gasteiger partial charge in [-0.25, -0.2) is 0 Å². The van der Waals surface area contributed by atoms with Crippen molar-refractivity contribution in [1.82, 2.24) is 15.1 Å². The summed E-state index contributed by atoms with van der Waals surface area (Å²) >= 11 is 5.55. The standard InChI is InChI=1S/C18H25N3O2S/c22-12-11-20-7-9-21(10-8-20)18(24)19-14-15-4-3-13-23-17-6-2-1-5-16(15)17/h1-2,5-6,14,22H,3-4,7-13H2,(H,19,24)/b15-14-. The van der Waals surface area contributed by atoms with Crippen molar-refractivity contribution in [2.45, 2.75) is 12.8 Å². The summed E-state index contributed by atoms with van der Waals surface area (Å²) in [6, 6.07) is 8.17. The van der Waals surface area contributed by atoms with Crippen molar-refractivity contribution >= 4 is 22.9 Å². The van der Waals surface area contributed by atoms with Crippen LogP contribution < -0.4 is 10.1 Å². The van der Waals surface area contributed by atoms with E-state index in [2.05, 4.69) is 21.2 Å². The number of para-hydroxylation sites is 1. The minimum absolute atomic E-state index is 0.219. The van der Waals surface area contributed by atoms with Gasteiger partial charge in [-0.05, 0) is 36.7 Å². The normalized spacial score (nSPS) is 20.2. The number of β-amino-alcohol motifs (C(OH)–C–C–N with tert-alkyl or cyclic N) is 1. The van der Waals surface area contributed by atoms with E-state index in [0.717, 1.165) is 68.6 Å². The molecule has 130 valence electrons. The lowest BCUT2D eigenvalue weighted by Gasteiger charge is -2.35. The van der Waals surface area contributed by atoms with Gasteiger partial charge in [-0.1, -0.05) is 18.2 Å². The quantitative estimate of drug-likeness (QED) is 0.812. The Morgan fingerprint density at radius 3 is 2.83 bits per heavy atom. The van der Waals surface area contributed by atoms with E-state index in [9.17, 15) is 0 Å². The second-order valence-corrected chi connectivity index (χ2v) is 6.51. The second kappa shape index (κ2) is 8.46. The van der Waals surface area contributed by atoms with E-state index in [4.69, 9.17) is 22.1 Å². The highest BCUT2D eigenvalue weighted by Crippen LogP contribution is 2.31. The topological polar surface area (TPSA) is 48.0 Å². The number of benzene rings is 1. The van der Waals surface area contributed by atoms with E-state index in [0.29, 0.717) is 0 Å². The summed E-state index contributed by atoms with van der Waals surface area (Å²) in [5, 5.41) is 13.1. The van der Waals surface area contributed by atoms with Crippen LogP contribution in [0, 0.1) is 0 Å². The minimum Gasteiger partial charge on any atom is -0.493 e. The third kappa shape index (κ3) is 4.26. The summed E-state index contributed by atoms with van der Waals surface area (Å²) in [6.07, 6.45) is 4.03. The van der Waals surface area contributed by atoms with Gasteiger partial charge in [0.05, 0.1) is 13.2 Å². The van der Waals surface area contributed by atoms with Crippen LogP contribution >= 0.6 is 12.2 Å². The SMILES string of the molecule is OCCN1CCN(C(=S)N/C=C2/CCCOc3ccccc32)CC1. The molecule has 0 aliphatic carbocycles. The average Bonchev–Trinajstić information content (AvgIpc) is 2.83. The molecule has 0 bridgehead atoms. The fourth-order valence-electron chi connectivity index (χ4n) is 3.14. The van der Waals surface area contributed by atoms with Crippen LogP contribution in [0.25, 0.3) is 5.57 Å². The van der Waals surface area contributed by atoms with Gasteiger partial charge in [-0.2, -0.15) is 0 Å². The molecule has 2 aliphatic heterocycles. The Balaban J connectivity index is 1.60. The van der Waals surface area contributed by atoms with Crippen molar-refractivity contribution in [3.63, 3.8) is 0 Å². The summed E-state index contributed by atoms with van der Waals surface area (Å²) in [7, 11) is 0. The molecule has 0 saturated carbocycles. The molecule has 0 atom stereocenters. The van der Waals surface area contributed by atoms with Crippen molar-refractivity contribution in [3.8, 4) is 5.75 Å². The van der Waals surface area contributed by atoms with Gasteiger partial charge < -0.3 is 20.1 Å². The molecule has 5 nitrogen and oxygen atoms in total. The number of nitrogens with one attached hydrogen (secondary N) is 1. The molecule has 0 spiro atoms. The number of thiocarbonyl (C=S) groups is 1. The number of nitrogens with zero attached hydrogens (tertiary/aromatic N) is 2. The first-order chi connectivity index (χ1) is 11.8. The second-order valence-electron chi connectivity index (χ2n) is 6.12. The van der Waals surface area contributed by atoms with E-state index in [1.54, 1.807) is 0 Å². The van der Waals surface area contributed by atoms with Gasteiger partial charge >= 0.3 is 0 Å². The molecule has 3 rings (SSSR count). The number of rotatable bonds is 3. The van der Waals surface area contributed by atoms with Crippen molar-refractivity contribution < 1.29 is 9.84 Å². The maximum absolute atomic E-state index is 9.01. The molecular formula is C18H25N3O2S. The monoisotopic (exact) mass is 347 g/mol. The van der Waals surface area contributed by atoms with Crippen molar-refractivity contribution in [3.05, 3.63) is 36.0 Å². The highest BCUT2D eigenvalue weighted by Gasteiger charge is 2.18. The molecule has 0 aromatic heterocycles. The Kier molecular flexibility index (Phi) is 6.07. The number of hydrogen-bond donors (Lipinski definition) is 2. The Hall–Kier alpha value is -1.63. The van der Waals surface area contributed by atoms with Crippen molar-refractivity contribution in [1.29, 1.82) is 0 Å². The fourth-order valence-corrected chi connectivity index (χ4v) is 3.38. The third-order valence-electron chi connectivity index (χ3n) is 4.53. The fraction of sp³-hybridized carbons (Fsp3) is 0.500. The number of aliphatic hydroxyl groups excluding tert-OH is 1. The minimum atomic E-state index is 0.219. The van der Waals surface area contributed by atoms with Crippen molar-refractivity contribution in [2.75, 3.05) is 45.9 Å². The predicted octanol–water partition coefficient (Wildman–Crippen LogP) is 1.68. The van der Waals surface area contributed by atoms with Gasteiger partial charge in [0.1, 0.15) is 5.75 Å². The maximum Gasteiger partial charge on any atom is 0.173 e. The highest BCUT2D eigenvalue weighted by atomic mass is 32.1. The van der Waals surface area contributed by atoms with Gasteiger partial charge in [0, 0.05) is 44.5 Å². The van der Waals surface area contributed by atoms with Gasteiger partial charge in [0.2, 0.25) is 0 Å². The Morgan fingerprint density at radius 1 is 1.25 bits per heavy atom. The van der Waals surface area contributed by atoms with Gasteiger partial charge in [-0.3, -0.25) is 4.90 Å². The van der Waals surface area contributed by atoms with Crippen LogP contribution in [0.15, 0.2) is 30.5 Å². The van der Waals surface area contributed by atoms with E-state index >= 15 is 0 Å². The molecule has 24 heavy (non-hydrogen) atoms. The largest absolute Gasteiger partial charge is 0.493 e. The molecule has 1 saturated heterocycles. The number of fused-ring (bicyclic) bond motifs is 1. The number of allylic oxidation sites excluding steroid dienone is 1. The zero-order chi connectivity index (χ0) is 16.8. The number of aliphatic hydroxyl groups is 1. The van der Waals surface area contributed by atoms with Crippen LogP contribution in [-0.2, 0) is 0 Å². The van der Waals surface area contributed by atoms with Crippen LogP contribution in [0.4, 0.5) is 0 Å². The van der Waals surface area contributed by atoms with Gasteiger partial charge in [-0.15, -0.1) is 0 Å². The van der Waals surface area contributed by atoms with Crippen molar-refractivity contribution in [2.24, 2.45) is 0 Å². The third-order valence-corrected chi connectivity index (χ3v) is 4.90. The molecular weight excluding hydrogens is 322 g/mol. The molecule has 1 fully saturated rings. The summed E-state index contributed by atoms with van der Waals surface area (Å²) in [6.45, 7) is 5.39. The van der Waals surface area contributed by atoms with Crippen LogP contribution in [0.1, 0.15) is 18.4 Å². The number of piperazine rings is 1. The highest BCUT2D eigenvalue weighted by molar-refractivity contribution is 7.80. The Labute approximate surface area is 148 Å². The Bertz CT molecular complexity index is 598. The van der Waals surface area contributed by atoms with Gasteiger partial charge in [0.15, 0.2) is 5.11 Å². The van der Waals surface area contributed by atoms with E-state index < -0.39 is 0 Å². The first kappa shape index (κ1) is 17.2. The molecule has 0 radical (unpaired) electrons. The number of ether oxygens (including phenoxy) is 1. The smallest absolute Gasteiger partial charge is 0.173 e. The summed E-state index contributed by atoms with van der Waals surface area (Å²) < 4.78 is 5.80. The summed E-state index contributed by atoms with van der Waals surface area (Å²) in [5.41, 5.74) is 2.39. The molecule has 0 amide bonds. The zero-order valence-corrected chi connectivity index (χ0v) is 14.7. The lowest BCUT2D eigenvalue weighted by atomic mass is 10.0. The summed E-state index contributed by atoms with van der Waals surface area (Å²) in [5.74, 6) is 0.951. The molecule has 2 heterocycles. The molecule has 1 aromatic rings. The van der Waals surface area contributed by atoms with E-state index in [-0.39, 0.29) is 6.61 Å². The van der Waals surface area contributed by atoms with Crippen LogP contribution in [0.2, 0.25) is 0 Å². The lowest BCUT2D eigenvalue weighted by molar-refractivity contribution is 0.147. The van der Waals surface area contributed by atoms with E-state index in [1.807, 2.05) is 24.4 Å². The molecule has 2 aliphatic rings. The zero-order valence-electron chi connectivity index (χ0n) is 13.9. The molecule has 0 unspecified atom stereocenters. The van der Waals surface area contributed by atoms with Gasteiger partial charge in [0.25, 0.3) is 0 Å². The van der Waals surface area contributed by atoms with Crippen LogP contribution in [0.5, 0.6) is 5.75 Å². The molecule has 2 N–H and O–H groups in total. The average molecular weight is 347 g/mol. The maximum atomic E-state index is 9.01. The molecule has 1 aromatic carbocycles. The van der Waals surface area contributed by atoms with Crippen LogP contribution in [0.3, 0.4) is 0 Å². The first-order valence-electron chi connectivity index (χ1n) is 8.58. The lowest BCUT2D eigenvalue weighted by Crippen LogP contribution is -2.51. The number of hydrogen-bond acceptors (Lipinski definition) is 4. The van der Waals surface area contributed by atoms with Crippen LogP contribution in [-0.4, -0.2) is 66.0 Å². The molecule has 6 heteroatoms. The van der Waals surface area contributed by atoms with E-state index in [1.165, 1.54) is 5.57 Å². The summed E-state index contributed by atoms with van der Waals surface area (Å²) in [4.78, 5) is 4.45. The predicted molar refractivity (Wildman–Crippen MR) is 100.0 cm³/mol. The Morgan fingerprint density at radius 2 is 2.04 bits per heavy atom.